The van der Waals surface area contributed by atoms with Crippen LogP contribution in [0.5, 0.6) is 0 Å². The Morgan fingerprint density at radius 3 is 2.80 bits per heavy atom. The first kappa shape index (κ1) is 22.4. The van der Waals surface area contributed by atoms with Crippen LogP contribution in [0.4, 0.5) is 16.3 Å². The van der Waals surface area contributed by atoms with Gasteiger partial charge in [0.2, 0.25) is 0 Å². The van der Waals surface area contributed by atoms with Gasteiger partial charge in [-0.05, 0) is 40.5 Å². The minimum absolute atomic E-state index is 0.211. The summed E-state index contributed by atoms with van der Waals surface area (Å²) in [5.41, 5.74) is 5.05. The molecule has 176 valence electrons. The lowest BCUT2D eigenvalue weighted by molar-refractivity contribution is 0.0633. The molecule has 1 amide bonds. The summed E-state index contributed by atoms with van der Waals surface area (Å²) in [5.74, 6) is 0.510. The highest BCUT2D eigenvalue weighted by atomic mass is 16.5. The van der Waals surface area contributed by atoms with E-state index >= 15 is 0 Å². The van der Waals surface area contributed by atoms with Crippen LogP contribution in [0.15, 0.2) is 96.5 Å². The molecule has 35 heavy (non-hydrogen) atoms. The summed E-state index contributed by atoms with van der Waals surface area (Å²) in [7, 11) is 0. The smallest absolute Gasteiger partial charge is 0.412 e. The van der Waals surface area contributed by atoms with Gasteiger partial charge < -0.3 is 19.7 Å². The van der Waals surface area contributed by atoms with E-state index < -0.39 is 12.2 Å². The van der Waals surface area contributed by atoms with Crippen LogP contribution in [0, 0.1) is 0 Å². The van der Waals surface area contributed by atoms with Crippen LogP contribution in [0.2, 0.25) is 0 Å². The zero-order chi connectivity index (χ0) is 24.2. The van der Waals surface area contributed by atoms with E-state index in [0.29, 0.717) is 11.5 Å². The molecule has 1 unspecified atom stereocenters. The minimum Gasteiger partial charge on any atom is -0.465 e. The maximum absolute atomic E-state index is 12.0. The maximum atomic E-state index is 12.0. The van der Waals surface area contributed by atoms with E-state index in [1.54, 1.807) is 30.8 Å². The number of amides is 1. The Morgan fingerprint density at radius 1 is 1.17 bits per heavy atom. The lowest BCUT2D eigenvalue weighted by Gasteiger charge is -2.37. The Balaban J connectivity index is 1.39. The van der Waals surface area contributed by atoms with Crippen molar-refractivity contribution in [2.24, 2.45) is 0 Å². The number of hydrogen-bond acceptors (Lipinski definition) is 6. The molecule has 2 N–H and O–H groups in total. The second-order valence-corrected chi connectivity index (χ2v) is 8.25. The quantitative estimate of drug-likeness (QED) is 0.370. The van der Waals surface area contributed by atoms with Gasteiger partial charge in [-0.1, -0.05) is 60.3 Å². The zero-order valence-electron chi connectivity index (χ0n) is 18.9. The Morgan fingerprint density at radius 2 is 2.03 bits per heavy atom. The van der Waals surface area contributed by atoms with Crippen molar-refractivity contribution >= 4 is 23.2 Å². The molecule has 8 nitrogen and oxygen atoms in total. The van der Waals surface area contributed by atoms with Gasteiger partial charge in [0.25, 0.3) is 0 Å². The molecular formula is C27H24N4O4. The average Bonchev–Trinajstić information content (AvgIpc) is 3.44. The molecule has 5 rings (SSSR count). The highest BCUT2D eigenvalue weighted by molar-refractivity contribution is 5.91. The van der Waals surface area contributed by atoms with Crippen molar-refractivity contribution in [2.75, 3.05) is 23.4 Å². The topological polar surface area (TPSA) is 101 Å². The monoisotopic (exact) mass is 468 g/mol. The summed E-state index contributed by atoms with van der Waals surface area (Å²) in [6, 6.07) is 20.8. The van der Waals surface area contributed by atoms with Crippen LogP contribution in [0.25, 0.3) is 16.7 Å². The van der Waals surface area contributed by atoms with Crippen molar-refractivity contribution in [3.05, 3.63) is 103 Å². The number of carbonyl (C=O) groups is 1. The first-order chi connectivity index (χ1) is 17.1. The molecule has 2 aromatic heterocycles. The van der Waals surface area contributed by atoms with E-state index in [1.807, 2.05) is 54.6 Å². The highest BCUT2D eigenvalue weighted by Crippen LogP contribution is 2.35. The number of nitrogens with one attached hydrogen (secondary N) is 1. The molecule has 0 spiro atoms. The minimum atomic E-state index is -1.03. The number of anilines is 2. The number of hydrogen-bond donors (Lipinski definition) is 2. The largest absolute Gasteiger partial charge is 0.465 e. The number of benzene rings is 2. The molecule has 0 bridgehead atoms. The van der Waals surface area contributed by atoms with Gasteiger partial charge in [-0.15, -0.1) is 0 Å². The number of fused-ring (bicyclic) bond motifs is 1. The predicted octanol–water partition coefficient (Wildman–Crippen LogP) is 5.49. The van der Waals surface area contributed by atoms with Crippen LogP contribution in [0.1, 0.15) is 17.2 Å². The Hall–Kier alpha value is -4.43. The molecule has 0 aliphatic carbocycles. The number of pyridine rings is 1. The normalized spacial score (nSPS) is 15.7. The highest BCUT2D eigenvalue weighted by Gasteiger charge is 2.34. The van der Waals surface area contributed by atoms with Crippen LogP contribution < -0.4 is 10.2 Å². The molecule has 0 radical (unpaired) electrons. The fraction of sp³-hybridized carbons (Fsp3) is 0.148. The van der Waals surface area contributed by atoms with Crippen LogP contribution in [0.3, 0.4) is 0 Å². The fourth-order valence-electron chi connectivity index (χ4n) is 4.22. The average molecular weight is 469 g/mol. The van der Waals surface area contributed by atoms with E-state index in [4.69, 9.17) is 9.26 Å². The Kier molecular flexibility index (Phi) is 6.28. The molecule has 0 saturated heterocycles. The third kappa shape index (κ3) is 4.78. The van der Waals surface area contributed by atoms with Gasteiger partial charge in [-0.3, -0.25) is 4.90 Å². The van der Waals surface area contributed by atoms with Gasteiger partial charge in [0.1, 0.15) is 12.4 Å². The molecule has 8 heteroatoms. The second kappa shape index (κ2) is 9.82. The number of carboxylic acid groups (broad SMARTS) is 1. The van der Waals surface area contributed by atoms with E-state index in [9.17, 15) is 9.90 Å². The Labute approximate surface area is 202 Å². The lowest BCUT2D eigenvalue weighted by Crippen LogP contribution is -2.47. The maximum Gasteiger partial charge on any atom is 0.412 e. The van der Waals surface area contributed by atoms with Crippen molar-refractivity contribution in [1.82, 2.24) is 10.1 Å². The fourth-order valence-corrected chi connectivity index (χ4v) is 4.22. The molecule has 0 fully saturated rings. The third-order valence-electron chi connectivity index (χ3n) is 5.98. The van der Waals surface area contributed by atoms with Crippen LogP contribution in [-0.4, -0.2) is 40.5 Å². The summed E-state index contributed by atoms with van der Waals surface area (Å²) in [5, 5.41) is 17.0. The van der Waals surface area contributed by atoms with Crippen molar-refractivity contribution in [3.8, 4) is 11.1 Å². The Bertz CT molecular complexity index is 1320. The van der Waals surface area contributed by atoms with Crippen molar-refractivity contribution in [1.29, 1.82) is 0 Å². The molecule has 4 aromatic rings. The molecule has 2 aromatic carbocycles. The van der Waals surface area contributed by atoms with E-state index in [0.717, 1.165) is 27.8 Å². The molecule has 2 atom stereocenters. The van der Waals surface area contributed by atoms with Gasteiger partial charge in [0.05, 0.1) is 31.1 Å². The van der Waals surface area contributed by atoms with Crippen molar-refractivity contribution in [2.45, 2.75) is 12.1 Å². The molecule has 1 aliphatic rings. The summed E-state index contributed by atoms with van der Waals surface area (Å²) in [6.07, 6.45) is 3.42. The first-order valence-electron chi connectivity index (χ1n) is 11.2. The van der Waals surface area contributed by atoms with E-state index in [1.165, 1.54) is 4.90 Å². The third-order valence-corrected chi connectivity index (χ3v) is 5.98. The summed E-state index contributed by atoms with van der Waals surface area (Å²) >= 11 is 0. The first-order valence-corrected chi connectivity index (χ1v) is 11.2. The number of aromatic nitrogens is 2. The van der Waals surface area contributed by atoms with Gasteiger partial charge in [0, 0.05) is 11.8 Å². The summed E-state index contributed by atoms with van der Waals surface area (Å²) < 4.78 is 11.4. The lowest BCUT2D eigenvalue weighted by atomic mass is 9.99. The standard InChI is InChI=1S/C27H24N4O4/c1-18(20-9-5-10-21(13-20)22-14-29-35-17-22)16-34-25(19-7-3-2-4-8-19)23-15-31(27(32)33)24-11-6-12-28-26(24)30-23/h2-14,17,23,25H,1,15-16H2,(H,28,30)(H,32,33)/t23?,25-/m1/s1. The predicted molar refractivity (Wildman–Crippen MR) is 133 cm³/mol. The van der Waals surface area contributed by atoms with E-state index in [-0.39, 0.29) is 19.2 Å². The summed E-state index contributed by atoms with van der Waals surface area (Å²) in [6.45, 7) is 4.70. The molecule has 0 saturated carbocycles. The van der Waals surface area contributed by atoms with Crippen molar-refractivity contribution < 1.29 is 19.2 Å². The molecule has 3 heterocycles. The van der Waals surface area contributed by atoms with Crippen LogP contribution in [-0.2, 0) is 4.74 Å². The number of ether oxygens (including phenoxy) is 1. The van der Waals surface area contributed by atoms with Gasteiger partial charge >= 0.3 is 6.09 Å². The van der Waals surface area contributed by atoms with Crippen LogP contribution >= 0.6 is 0 Å². The molecular weight excluding hydrogens is 444 g/mol. The molecule has 1 aliphatic heterocycles. The van der Waals surface area contributed by atoms with Gasteiger partial charge in [-0.2, -0.15) is 0 Å². The van der Waals surface area contributed by atoms with Gasteiger partial charge in [0.15, 0.2) is 5.82 Å². The SMILES string of the molecule is C=C(CO[C@H](c1ccccc1)C1CN(C(=O)O)c2cccnc2N1)c1cccc(-c2cnoc2)c1. The second-order valence-electron chi connectivity index (χ2n) is 8.25. The zero-order valence-corrected chi connectivity index (χ0v) is 18.9. The van der Waals surface area contributed by atoms with Gasteiger partial charge in [-0.25, -0.2) is 9.78 Å². The van der Waals surface area contributed by atoms with E-state index in [2.05, 4.69) is 22.0 Å². The number of rotatable bonds is 7. The van der Waals surface area contributed by atoms with Crippen molar-refractivity contribution in [3.63, 3.8) is 0 Å². The summed E-state index contributed by atoms with van der Waals surface area (Å²) in [4.78, 5) is 17.7. The number of nitrogens with zero attached hydrogens (tertiary/aromatic N) is 3.